The summed E-state index contributed by atoms with van der Waals surface area (Å²) in [5.74, 6) is -0.138. The number of amides is 1. The van der Waals surface area contributed by atoms with Crippen LogP contribution in [0, 0.1) is 0 Å². The van der Waals surface area contributed by atoms with Gasteiger partial charge in [0.1, 0.15) is 0 Å². The smallest absolute Gasteiger partial charge is 0.253 e. The van der Waals surface area contributed by atoms with Crippen molar-refractivity contribution in [2.45, 2.75) is 33.2 Å². The number of aromatic nitrogens is 1. The van der Waals surface area contributed by atoms with Gasteiger partial charge in [0.15, 0.2) is 5.78 Å². The van der Waals surface area contributed by atoms with Gasteiger partial charge in [-0.2, -0.15) is 0 Å². The van der Waals surface area contributed by atoms with Crippen molar-refractivity contribution < 1.29 is 9.59 Å². The first-order valence-corrected chi connectivity index (χ1v) is 7.63. The molecule has 23 heavy (non-hydrogen) atoms. The summed E-state index contributed by atoms with van der Waals surface area (Å²) >= 11 is 0. The molecule has 0 radical (unpaired) electrons. The number of nitrogens with zero attached hydrogens (tertiary/aromatic N) is 1. The number of benzene rings is 1. The molecule has 0 fully saturated rings. The van der Waals surface area contributed by atoms with Crippen LogP contribution >= 0.6 is 0 Å². The summed E-state index contributed by atoms with van der Waals surface area (Å²) in [4.78, 5) is 27.7. The third kappa shape index (κ3) is 4.64. The van der Waals surface area contributed by atoms with Crippen LogP contribution in [0.25, 0.3) is 0 Å². The Labute approximate surface area is 136 Å². The summed E-state index contributed by atoms with van der Waals surface area (Å²) in [6, 6.07) is 9.07. The summed E-state index contributed by atoms with van der Waals surface area (Å²) in [7, 11) is 0. The van der Waals surface area contributed by atoms with Crippen molar-refractivity contribution in [3.63, 3.8) is 0 Å². The number of Topliss-reactive ketones (excluding diaryl/α,β-unsaturated/α-hetero) is 1. The standard InChI is InChI=1S/C18H21N3O2/c1-4-12(2)20-18(23)15-9-17(11-19-10-15)21-16-7-5-6-14(8-16)13(3)22/h5-12,21H,4H2,1-3H3,(H,20,23). The molecule has 2 aromatic rings. The molecule has 1 atom stereocenters. The molecule has 0 aliphatic rings. The van der Waals surface area contributed by atoms with Crippen LogP contribution in [0.2, 0.25) is 0 Å². The van der Waals surface area contributed by atoms with Gasteiger partial charge in [0.2, 0.25) is 0 Å². The van der Waals surface area contributed by atoms with Gasteiger partial charge in [-0.15, -0.1) is 0 Å². The molecule has 1 heterocycles. The van der Waals surface area contributed by atoms with Gasteiger partial charge in [0.05, 0.1) is 17.4 Å². The van der Waals surface area contributed by atoms with Crippen LogP contribution in [0.5, 0.6) is 0 Å². The fraction of sp³-hybridized carbons (Fsp3) is 0.278. The Hall–Kier alpha value is -2.69. The first-order valence-electron chi connectivity index (χ1n) is 7.63. The molecule has 0 aliphatic carbocycles. The van der Waals surface area contributed by atoms with Gasteiger partial charge in [0.25, 0.3) is 5.91 Å². The first kappa shape index (κ1) is 16.7. The molecule has 120 valence electrons. The second-order valence-corrected chi connectivity index (χ2v) is 5.51. The van der Waals surface area contributed by atoms with Gasteiger partial charge < -0.3 is 10.6 Å². The average molecular weight is 311 g/mol. The maximum Gasteiger partial charge on any atom is 0.253 e. The first-order chi connectivity index (χ1) is 11.0. The minimum Gasteiger partial charge on any atom is -0.354 e. The summed E-state index contributed by atoms with van der Waals surface area (Å²) in [6.45, 7) is 5.50. The zero-order valence-electron chi connectivity index (χ0n) is 13.6. The minimum atomic E-state index is -0.145. The van der Waals surface area contributed by atoms with Gasteiger partial charge in [-0.3, -0.25) is 14.6 Å². The molecule has 0 saturated heterocycles. The predicted octanol–water partition coefficient (Wildman–Crippen LogP) is 3.56. The Morgan fingerprint density at radius 3 is 2.57 bits per heavy atom. The van der Waals surface area contributed by atoms with Crippen LogP contribution in [0.4, 0.5) is 11.4 Å². The number of hydrogen-bond acceptors (Lipinski definition) is 4. The van der Waals surface area contributed by atoms with E-state index in [0.717, 1.165) is 12.1 Å². The highest BCUT2D eigenvalue weighted by atomic mass is 16.1. The van der Waals surface area contributed by atoms with Crippen molar-refractivity contribution in [2.24, 2.45) is 0 Å². The average Bonchev–Trinajstić information content (AvgIpc) is 2.55. The number of rotatable bonds is 6. The zero-order valence-corrected chi connectivity index (χ0v) is 13.6. The van der Waals surface area contributed by atoms with Gasteiger partial charge >= 0.3 is 0 Å². The fourth-order valence-corrected chi connectivity index (χ4v) is 2.02. The Balaban J connectivity index is 2.15. The molecule has 5 nitrogen and oxygen atoms in total. The summed E-state index contributed by atoms with van der Waals surface area (Å²) in [5, 5.41) is 6.08. The molecule has 1 unspecified atom stereocenters. The molecule has 0 bridgehead atoms. The second kappa shape index (κ2) is 7.54. The third-order valence-electron chi connectivity index (χ3n) is 3.55. The third-order valence-corrected chi connectivity index (χ3v) is 3.55. The zero-order chi connectivity index (χ0) is 16.8. The molecular formula is C18H21N3O2. The number of pyridine rings is 1. The van der Waals surface area contributed by atoms with E-state index in [1.807, 2.05) is 26.0 Å². The number of carbonyl (C=O) groups excluding carboxylic acids is 2. The molecule has 1 aromatic heterocycles. The monoisotopic (exact) mass is 311 g/mol. The SMILES string of the molecule is CCC(C)NC(=O)c1cncc(Nc2cccc(C(C)=O)c2)c1. The fourth-order valence-electron chi connectivity index (χ4n) is 2.02. The van der Waals surface area contributed by atoms with E-state index >= 15 is 0 Å². The lowest BCUT2D eigenvalue weighted by Crippen LogP contribution is -2.31. The largest absolute Gasteiger partial charge is 0.354 e. The number of hydrogen-bond donors (Lipinski definition) is 2. The summed E-state index contributed by atoms with van der Waals surface area (Å²) in [6.07, 6.45) is 4.05. The van der Waals surface area contributed by atoms with Crippen LogP contribution in [0.15, 0.2) is 42.7 Å². The van der Waals surface area contributed by atoms with Crippen molar-refractivity contribution in [3.8, 4) is 0 Å². The summed E-state index contributed by atoms with van der Waals surface area (Å²) < 4.78 is 0. The predicted molar refractivity (Wildman–Crippen MR) is 91.2 cm³/mol. The van der Waals surface area contributed by atoms with E-state index < -0.39 is 0 Å². The maximum absolute atomic E-state index is 12.1. The molecule has 2 N–H and O–H groups in total. The van der Waals surface area contributed by atoms with Gasteiger partial charge in [-0.25, -0.2) is 0 Å². The van der Waals surface area contributed by atoms with E-state index in [1.165, 1.54) is 13.1 Å². The number of carbonyl (C=O) groups is 2. The van der Waals surface area contributed by atoms with E-state index in [-0.39, 0.29) is 17.7 Å². The number of anilines is 2. The van der Waals surface area contributed by atoms with Crippen LogP contribution < -0.4 is 10.6 Å². The molecule has 0 aliphatic heterocycles. The van der Waals surface area contributed by atoms with Crippen molar-refractivity contribution in [2.75, 3.05) is 5.32 Å². The molecule has 1 amide bonds. The molecule has 2 rings (SSSR count). The number of ketones is 1. The van der Waals surface area contributed by atoms with Crippen LogP contribution in [-0.2, 0) is 0 Å². The lowest BCUT2D eigenvalue weighted by atomic mass is 10.1. The minimum absolute atomic E-state index is 0.00783. The Morgan fingerprint density at radius 2 is 1.87 bits per heavy atom. The Bertz CT molecular complexity index is 713. The van der Waals surface area contributed by atoms with Gasteiger partial charge in [0, 0.05) is 23.5 Å². The Morgan fingerprint density at radius 1 is 1.13 bits per heavy atom. The topological polar surface area (TPSA) is 71.1 Å². The highest BCUT2D eigenvalue weighted by Crippen LogP contribution is 2.18. The lowest BCUT2D eigenvalue weighted by molar-refractivity contribution is 0.0938. The molecule has 5 heteroatoms. The van der Waals surface area contributed by atoms with Gasteiger partial charge in [-0.1, -0.05) is 19.1 Å². The van der Waals surface area contributed by atoms with E-state index in [0.29, 0.717) is 16.8 Å². The molecule has 1 aromatic carbocycles. The lowest BCUT2D eigenvalue weighted by Gasteiger charge is -2.12. The quantitative estimate of drug-likeness (QED) is 0.800. The van der Waals surface area contributed by atoms with Crippen LogP contribution in [-0.4, -0.2) is 22.7 Å². The van der Waals surface area contributed by atoms with Crippen LogP contribution in [0.1, 0.15) is 47.9 Å². The van der Waals surface area contributed by atoms with Crippen LogP contribution in [0.3, 0.4) is 0 Å². The number of nitrogens with one attached hydrogen (secondary N) is 2. The molecule has 0 spiro atoms. The van der Waals surface area contributed by atoms with E-state index in [9.17, 15) is 9.59 Å². The highest BCUT2D eigenvalue weighted by molar-refractivity contribution is 5.96. The molecule has 0 saturated carbocycles. The van der Waals surface area contributed by atoms with E-state index in [4.69, 9.17) is 0 Å². The van der Waals surface area contributed by atoms with Crippen molar-refractivity contribution >= 4 is 23.1 Å². The summed E-state index contributed by atoms with van der Waals surface area (Å²) in [5.41, 5.74) is 2.60. The van der Waals surface area contributed by atoms with Gasteiger partial charge in [-0.05, 0) is 38.5 Å². The second-order valence-electron chi connectivity index (χ2n) is 5.51. The van der Waals surface area contributed by atoms with Crippen molar-refractivity contribution in [1.29, 1.82) is 0 Å². The van der Waals surface area contributed by atoms with E-state index in [1.54, 1.807) is 24.4 Å². The van der Waals surface area contributed by atoms with Crippen molar-refractivity contribution in [3.05, 3.63) is 53.9 Å². The van der Waals surface area contributed by atoms with E-state index in [2.05, 4.69) is 15.6 Å². The van der Waals surface area contributed by atoms with Crippen molar-refractivity contribution in [1.82, 2.24) is 10.3 Å². The highest BCUT2D eigenvalue weighted by Gasteiger charge is 2.10. The maximum atomic E-state index is 12.1. The Kier molecular flexibility index (Phi) is 5.46. The molecular weight excluding hydrogens is 290 g/mol. The normalized spacial score (nSPS) is 11.6.